The SMILES string of the molecule is CCC[C@H](CCCOc1cc(OC)ccc1-c1cnc(C(F)(F)F)cn1)Oc1cc(C(CC(=O)O)C2CC2)ccn1. The molecule has 0 aliphatic heterocycles. The highest BCUT2D eigenvalue weighted by Gasteiger charge is 2.34. The highest BCUT2D eigenvalue weighted by molar-refractivity contribution is 5.68. The van der Waals surface area contributed by atoms with Gasteiger partial charge in [-0.3, -0.25) is 9.78 Å². The molecule has 220 valence electrons. The van der Waals surface area contributed by atoms with E-state index in [2.05, 4.69) is 21.9 Å². The number of carboxylic acid groups (broad SMARTS) is 1. The standard InChI is InChI=1S/C30H34F3N3O5/c1-3-5-21(41-28-14-20(11-12-34-28)24(16-29(37)38)19-7-8-19)6-4-13-40-26-15-22(39-2)9-10-23(26)25-17-36-27(18-35-25)30(31,32)33/h9-12,14-15,17-19,21,24H,3-8,13,16H2,1-2H3,(H,37,38)/t21-,24?/m1/s1. The van der Waals surface area contributed by atoms with E-state index in [9.17, 15) is 23.1 Å². The monoisotopic (exact) mass is 573 g/mol. The van der Waals surface area contributed by atoms with Crippen LogP contribution in [0.3, 0.4) is 0 Å². The van der Waals surface area contributed by atoms with Gasteiger partial charge in [0, 0.05) is 23.9 Å². The van der Waals surface area contributed by atoms with Crippen molar-refractivity contribution in [3.8, 4) is 28.6 Å². The van der Waals surface area contributed by atoms with E-state index in [0.29, 0.717) is 54.5 Å². The van der Waals surface area contributed by atoms with Crippen LogP contribution < -0.4 is 14.2 Å². The minimum atomic E-state index is -4.57. The molecule has 1 aromatic carbocycles. The molecule has 0 radical (unpaired) electrons. The van der Waals surface area contributed by atoms with Gasteiger partial charge in [-0.1, -0.05) is 13.3 Å². The van der Waals surface area contributed by atoms with Crippen molar-refractivity contribution in [1.29, 1.82) is 0 Å². The van der Waals surface area contributed by atoms with Crippen LogP contribution in [0.25, 0.3) is 11.3 Å². The van der Waals surface area contributed by atoms with Crippen molar-refractivity contribution in [2.24, 2.45) is 5.92 Å². The van der Waals surface area contributed by atoms with Gasteiger partial charge in [0.15, 0.2) is 5.69 Å². The molecule has 2 atom stereocenters. The number of nitrogens with zero attached hydrogens (tertiary/aromatic N) is 3. The topological polar surface area (TPSA) is 104 Å². The lowest BCUT2D eigenvalue weighted by Crippen LogP contribution is -2.18. The fourth-order valence-electron chi connectivity index (χ4n) is 4.79. The number of benzene rings is 1. The summed E-state index contributed by atoms with van der Waals surface area (Å²) < 4.78 is 56.3. The third kappa shape index (κ3) is 8.55. The number of alkyl halides is 3. The van der Waals surface area contributed by atoms with E-state index in [1.807, 2.05) is 12.1 Å². The Bertz CT molecular complexity index is 1300. The molecule has 0 bridgehead atoms. The van der Waals surface area contributed by atoms with Crippen LogP contribution in [-0.2, 0) is 11.0 Å². The zero-order valence-corrected chi connectivity index (χ0v) is 23.1. The summed E-state index contributed by atoms with van der Waals surface area (Å²) >= 11 is 0. The number of carboxylic acids is 1. The van der Waals surface area contributed by atoms with Crippen molar-refractivity contribution in [1.82, 2.24) is 15.0 Å². The lowest BCUT2D eigenvalue weighted by atomic mass is 9.92. The van der Waals surface area contributed by atoms with E-state index in [0.717, 1.165) is 37.4 Å². The second-order valence-electron chi connectivity index (χ2n) is 10.1. The number of aliphatic carboxylic acids is 1. The second-order valence-corrected chi connectivity index (χ2v) is 10.1. The fraction of sp³-hybridized carbons (Fsp3) is 0.467. The van der Waals surface area contributed by atoms with Crippen LogP contribution in [0.15, 0.2) is 48.9 Å². The van der Waals surface area contributed by atoms with Gasteiger partial charge in [0.2, 0.25) is 5.88 Å². The first kappa shape index (κ1) is 30.1. The van der Waals surface area contributed by atoms with E-state index >= 15 is 0 Å². The van der Waals surface area contributed by atoms with Gasteiger partial charge in [0.25, 0.3) is 0 Å². The van der Waals surface area contributed by atoms with Crippen LogP contribution in [-0.4, -0.2) is 45.8 Å². The van der Waals surface area contributed by atoms with Crippen molar-refractivity contribution < 1.29 is 37.3 Å². The maximum absolute atomic E-state index is 12.9. The molecule has 1 unspecified atom stereocenters. The van der Waals surface area contributed by atoms with Crippen molar-refractivity contribution in [3.63, 3.8) is 0 Å². The van der Waals surface area contributed by atoms with Crippen LogP contribution >= 0.6 is 0 Å². The Balaban J connectivity index is 1.39. The summed E-state index contributed by atoms with van der Waals surface area (Å²) in [7, 11) is 1.51. The second kappa shape index (κ2) is 13.6. The van der Waals surface area contributed by atoms with Gasteiger partial charge in [-0.2, -0.15) is 13.2 Å². The van der Waals surface area contributed by atoms with E-state index in [4.69, 9.17) is 14.2 Å². The summed E-state index contributed by atoms with van der Waals surface area (Å²) in [5.74, 6) is 0.977. The number of hydrogen-bond donors (Lipinski definition) is 1. The highest BCUT2D eigenvalue weighted by atomic mass is 19.4. The van der Waals surface area contributed by atoms with Crippen LogP contribution in [0.4, 0.5) is 13.2 Å². The number of ether oxygens (including phenoxy) is 3. The zero-order valence-electron chi connectivity index (χ0n) is 23.1. The molecule has 1 saturated carbocycles. The molecule has 1 aliphatic rings. The Labute approximate surface area is 236 Å². The van der Waals surface area contributed by atoms with Crippen LogP contribution in [0.1, 0.15) is 69.0 Å². The van der Waals surface area contributed by atoms with Crippen molar-refractivity contribution in [3.05, 3.63) is 60.2 Å². The minimum absolute atomic E-state index is 0.0395. The Morgan fingerprint density at radius 2 is 1.90 bits per heavy atom. The number of rotatable bonds is 15. The first-order valence-electron chi connectivity index (χ1n) is 13.7. The van der Waals surface area contributed by atoms with Crippen molar-refractivity contribution >= 4 is 5.97 Å². The number of hydrogen-bond acceptors (Lipinski definition) is 7. The molecule has 2 heterocycles. The number of methoxy groups -OCH3 is 1. The number of aromatic nitrogens is 3. The minimum Gasteiger partial charge on any atom is -0.497 e. The highest BCUT2D eigenvalue weighted by Crippen LogP contribution is 2.45. The van der Waals surface area contributed by atoms with Gasteiger partial charge in [-0.05, 0) is 67.7 Å². The Kier molecular flexibility index (Phi) is 10.0. The van der Waals surface area contributed by atoms with E-state index in [-0.39, 0.29) is 24.1 Å². The summed E-state index contributed by atoms with van der Waals surface area (Å²) in [5.41, 5.74) is 0.627. The number of halogens is 3. The van der Waals surface area contributed by atoms with E-state index < -0.39 is 17.8 Å². The lowest BCUT2D eigenvalue weighted by Gasteiger charge is -2.20. The maximum Gasteiger partial charge on any atom is 0.434 e. The van der Waals surface area contributed by atoms with Gasteiger partial charge in [0.1, 0.15) is 17.6 Å². The van der Waals surface area contributed by atoms with Gasteiger partial charge in [-0.15, -0.1) is 0 Å². The Morgan fingerprint density at radius 3 is 2.54 bits per heavy atom. The molecule has 2 aromatic heterocycles. The Hall–Kier alpha value is -3.89. The predicted octanol–water partition coefficient (Wildman–Crippen LogP) is 6.94. The average molecular weight is 574 g/mol. The summed E-state index contributed by atoms with van der Waals surface area (Å²) in [6, 6.07) is 8.74. The van der Waals surface area contributed by atoms with E-state index in [1.165, 1.54) is 7.11 Å². The molecular formula is C30H34F3N3O5. The molecule has 0 spiro atoms. The van der Waals surface area contributed by atoms with Crippen molar-refractivity contribution in [2.45, 2.75) is 70.1 Å². The molecule has 1 fully saturated rings. The van der Waals surface area contributed by atoms with Gasteiger partial charge >= 0.3 is 12.1 Å². The summed E-state index contributed by atoms with van der Waals surface area (Å²) in [6.45, 7) is 2.40. The van der Waals surface area contributed by atoms with E-state index in [1.54, 1.807) is 24.4 Å². The molecule has 8 nitrogen and oxygen atoms in total. The fourth-order valence-corrected chi connectivity index (χ4v) is 4.79. The summed E-state index contributed by atoms with van der Waals surface area (Å²) in [6.07, 6.45) is 3.96. The summed E-state index contributed by atoms with van der Waals surface area (Å²) in [5, 5.41) is 9.35. The molecule has 4 rings (SSSR count). The smallest absolute Gasteiger partial charge is 0.434 e. The van der Waals surface area contributed by atoms with Crippen LogP contribution in [0.5, 0.6) is 17.4 Å². The quantitative estimate of drug-likeness (QED) is 0.195. The van der Waals surface area contributed by atoms with Crippen LogP contribution in [0, 0.1) is 5.92 Å². The molecule has 1 N–H and O–H groups in total. The zero-order chi connectivity index (χ0) is 29.4. The molecule has 0 saturated heterocycles. The number of carbonyl (C=O) groups is 1. The summed E-state index contributed by atoms with van der Waals surface area (Å²) in [4.78, 5) is 23.2. The third-order valence-corrected chi connectivity index (χ3v) is 7.01. The van der Waals surface area contributed by atoms with Gasteiger partial charge in [0.05, 0.1) is 38.2 Å². The first-order chi connectivity index (χ1) is 19.7. The molecular weight excluding hydrogens is 539 g/mol. The lowest BCUT2D eigenvalue weighted by molar-refractivity contribution is -0.141. The molecule has 0 amide bonds. The van der Waals surface area contributed by atoms with Crippen LogP contribution in [0.2, 0.25) is 0 Å². The molecule has 11 heteroatoms. The first-order valence-corrected chi connectivity index (χ1v) is 13.7. The third-order valence-electron chi connectivity index (χ3n) is 7.01. The average Bonchev–Trinajstić information content (AvgIpc) is 3.79. The Morgan fingerprint density at radius 1 is 1.10 bits per heavy atom. The largest absolute Gasteiger partial charge is 0.497 e. The molecule has 3 aromatic rings. The van der Waals surface area contributed by atoms with Gasteiger partial charge < -0.3 is 19.3 Å². The predicted molar refractivity (Wildman–Crippen MR) is 145 cm³/mol. The normalized spacial score (nSPS) is 14.8. The maximum atomic E-state index is 12.9. The molecule has 41 heavy (non-hydrogen) atoms. The number of pyridine rings is 1. The van der Waals surface area contributed by atoms with Gasteiger partial charge in [-0.25, -0.2) is 9.97 Å². The van der Waals surface area contributed by atoms with Crippen molar-refractivity contribution in [2.75, 3.05) is 13.7 Å². The molecule has 1 aliphatic carbocycles.